The van der Waals surface area contributed by atoms with E-state index in [2.05, 4.69) is 27.4 Å². The molecule has 0 amide bonds. The number of nitrogens with one attached hydrogen (secondary N) is 2. The highest BCUT2D eigenvalue weighted by molar-refractivity contribution is 5.26. The molecule has 90 valence electrons. The molecule has 4 heteroatoms. The van der Waals surface area contributed by atoms with Crippen LogP contribution in [0.1, 0.15) is 40.0 Å². The van der Waals surface area contributed by atoms with Crippen molar-refractivity contribution in [2.75, 3.05) is 0 Å². The zero-order chi connectivity index (χ0) is 13.2. The fraction of sp³-hybridized carbons (Fsp3) is 0.667. The molecule has 0 heterocycles. The molecule has 0 saturated heterocycles. The largest absolute Gasteiger partial charge is 0.231 e. The van der Waals surface area contributed by atoms with E-state index < -0.39 is 0 Å². The second-order valence-corrected chi connectivity index (χ2v) is 4.55. The van der Waals surface area contributed by atoms with Gasteiger partial charge in [0.15, 0.2) is 0 Å². The van der Waals surface area contributed by atoms with Gasteiger partial charge in [-0.2, -0.15) is 0 Å². The minimum atomic E-state index is 0.557. The highest BCUT2D eigenvalue weighted by Gasteiger charge is 2.29. The van der Waals surface area contributed by atoms with E-state index in [4.69, 9.17) is 20.4 Å². The predicted molar refractivity (Wildman–Crippen MR) is 62.8 cm³/mol. The van der Waals surface area contributed by atoms with Gasteiger partial charge in [-0.25, -0.2) is 20.4 Å². The first-order valence-corrected chi connectivity index (χ1v) is 5.10. The second kappa shape index (κ2) is 8.78. The molecule has 0 radical (unpaired) electrons. The first-order chi connectivity index (χ1) is 7.35. The van der Waals surface area contributed by atoms with Gasteiger partial charge in [-0.1, -0.05) is 32.9 Å². The van der Waals surface area contributed by atoms with Crippen molar-refractivity contribution >= 4 is 12.2 Å². The van der Waals surface area contributed by atoms with E-state index in [0.29, 0.717) is 5.41 Å². The molecule has 1 aliphatic rings. The molecule has 0 spiro atoms. The van der Waals surface area contributed by atoms with E-state index in [-0.39, 0.29) is 0 Å². The van der Waals surface area contributed by atoms with Gasteiger partial charge >= 0.3 is 0 Å². The normalized spacial score (nSPS) is 21.2. The Morgan fingerprint density at radius 2 is 1.69 bits per heavy atom. The summed E-state index contributed by atoms with van der Waals surface area (Å²) in [5, 5.41) is 10.8. The lowest BCUT2D eigenvalue weighted by atomic mass is 9.68. The lowest BCUT2D eigenvalue weighted by molar-refractivity contribution is 0.184. The van der Waals surface area contributed by atoms with Crippen LogP contribution in [0.3, 0.4) is 0 Å². The fourth-order valence-electron chi connectivity index (χ4n) is 1.56. The van der Waals surface area contributed by atoms with E-state index in [9.17, 15) is 0 Å². The van der Waals surface area contributed by atoms with Crippen LogP contribution >= 0.6 is 0 Å². The molecular weight excluding hydrogens is 204 g/mol. The van der Waals surface area contributed by atoms with Crippen LogP contribution in [0.25, 0.3) is 0 Å². The lowest BCUT2D eigenvalue weighted by Crippen LogP contribution is -2.26. The Labute approximate surface area is 96.8 Å². The van der Waals surface area contributed by atoms with Crippen molar-refractivity contribution in [1.82, 2.24) is 0 Å². The predicted octanol–water partition coefficient (Wildman–Crippen LogP) is 3.19. The molecule has 0 aromatic rings. The van der Waals surface area contributed by atoms with E-state index >= 15 is 0 Å². The fourth-order valence-corrected chi connectivity index (χ4v) is 1.56. The minimum absolute atomic E-state index is 0.557. The minimum Gasteiger partial charge on any atom is -0.222 e. The van der Waals surface area contributed by atoms with Crippen molar-refractivity contribution in [3.05, 3.63) is 12.2 Å². The van der Waals surface area contributed by atoms with Crippen LogP contribution in [0, 0.1) is 22.2 Å². The quantitative estimate of drug-likeness (QED) is 0.376. The van der Waals surface area contributed by atoms with Crippen LogP contribution in [0.4, 0.5) is 0 Å². The van der Waals surface area contributed by atoms with Crippen LogP contribution in [0.2, 0.25) is 0 Å². The summed E-state index contributed by atoms with van der Waals surface area (Å²) >= 11 is 0. The van der Waals surface area contributed by atoms with Gasteiger partial charge in [-0.05, 0) is 30.6 Å². The summed E-state index contributed by atoms with van der Waals surface area (Å²) in [6.45, 7) is 11.1. The van der Waals surface area contributed by atoms with Gasteiger partial charge < -0.3 is 0 Å². The summed E-state index contributed by atoms with van der Waals surface area (Å²) in [4.78, 5) is 16.7. The summed E-state index contributed by atoms with van der Waals surface area (Å²) in [5.41, 5.74) is 2.01. The first kappa shape index (κ1) is 16.9. The standard InChI is InChI=1S/C10H18.2CHNO/c1-8-5-6-10(3,4)9(2)7-8;2*2-1-3/h9H,1,5-7H2,2-4H3;2*2H. The summed E-state index contributed by atoms with van der Waals surface area (Å²) in [6, 6.07) is 0. The average Bonchev–Trinajstić information content (AvgIpc) is 2.15. The summed E-state index contributed by atoms with van der Waals surface area (Å²) in [7, 11) is 0. The van der Waals surface area contributed by atoms with Gasteiger partial charge in [0.1, 0.15) is 0 Å². The molecule has 2 N–H and O–H groups in total. The van der Waals surface area contributed by atoms with E-state index in [1.807, 2.05) is 0 Å². The van der Waals surface area contributed by atoms with Crippen LogP contribution in [-0.2, 0) is 9.59 Å². The summed E-state index contributed by atoms with van der Waals surface area (Å²) in [6.07, 6.45) is 5.32. The van der Waals surface area contributed by atoms with Crippen molar-refractivity contribution in [2.45, 2.75) is 40.0 Å². The van der Waals surface area contributed by atoms with Crippen LogP contribution in [-0.4, -0.2) is 12.2 Å². The van der Waals surface area contributed by atoms with Gasteiger partial charge in [0.05, 0.1) is 0 Å². The maximum atomic E-state index is 8.35. The number of hydrogen-bond donors (Lipinski definition) is 2. The van der Waals surface area contributed by atoms with E-state index in [1.54, 1.807) is 0 Å². The zero-order valence-electron chi connectivity index (χ0n) is 10.2. The smallest absolute Gasteiger partial charge is 0.222 e. The second-order valence-electron chi connectivity index (χ2n) is 4.55. The third-order valence-corrected chi connectivity index (χ3v) is 3.05. The molecule has 0 aromatic heterocycles. The third kappa shape index (κ3) is 7.86. The molecular formula is C12H20N2O2. The Hall–Kier alpha value is -1.50. The number of hydrogen-bond acceptors (Lipinski definition) is 4. The van der Waals surface area contributed by atoms with Crippen molar-refractivity contribution in [3.8, 4) is 0 Å². The van der Waals surface area contributed by atoms with Gasteiger partial charge in [0, 0.05) is 0 Å². The van der Waals surface area contributed by atoms with Crippen LogP contribution < -0.4 is 0 Å². The van der Waals surface area contributed by atoms with Gasteiger partial charge in [-0.15, -0.1) is 0 Å². The lowest BCUT2D eigenvalue weighted by Gasteiger charge is -2.37. The van der Waals surface area contributed by atoms with Crippen LogP contribution in [0.5, 0.6) is 0 Å². The first-order valence-electron chi connectivity index (χ1n) is 5.10. The molecule has 16 heavy (non-hydrogen) atoms. The maximum Gasteiger partial charge on any atom is 0.231 e. The van der Waals surface area contributed by atoms with Crippen molar-refractivity contribution in [2.24, 2.45) is 11.3 Å². The Morgan fingerprint density at radius 1 is 1.31 bits per heavy atom. The summed E-state index contributed by atoms with van der Waals surface area (Å²) < 4.78 is 0. The average molecular weight is 224 g/mol. The molecule has 1 fully saturated rings. The maximum absolute atomic E-state index is 8.35. The van der Waals surface area contributed by atoms with Crippen molar-refractivity contribution in [1.29, 1.82) is 10.8 Å². The van der Waals surface area contributed by atoms with Crippen molar-refractivity contribution < 1.29 is 9.59 Å². The number of carbonyl (C=O) groups excluding carboxylic acids is 2. The molecule has 4 nitrogen and oxygen atoms in total. The Bertz CT molecular complexity index is 271. The number of isocyanates is 2. The zero-order valence-corrected chi connectivity index (χ0v) is 10.2. The highest BCUT2D eigenvalue weighted by Crippen LogP contribution is 2.41. The van der Waals surface area contributed by atoms with E-state index in [0.717, 1.165) is 18.1 Å². The molecule has 1 rings (SSSR count). The molecule has 0 aromatic carbocycles. The van der Waals surface area contributed by atoms with Gasteiger partial charge in [0.2, 0.25) is 12.2 Å². The van der Waals surface area contributed by atoms with Gasteiger partial charge in [0.25, 0.3) is 0 Å². The molecule has 1 saturated carbocycles. The van der Waals surface area contributed by atoms with Gasteiger partial charge in [-0.3, -0.25) is 0 Å². The third-order valence-electron chi connectivity index (χ3n) is 3.05. The topological polar surface area (TPSA) is 81.8 Å². The van der Waals surface area contributed by atoms with Crippen LogP contribution in [0.15, 0.2) is 12.2 Å². The number of rotatable bonds is 0. The van der Waals surface area contributed by atoms with E-state index in [1.165, 1.54) is 24.8 Å². The molecule has 1 unspecified atom stereocenters. The van der Waals surface area contributed by atoms with Crippen molar-refractivity contribution in [3.63, 3.8) is 0 Å². The molecule has 1 atom stereocenters. The molecule has 1 aliphatic carbocycles. The molecule has 0 bridgehead atoms. The summed E-state index contributed by atoms with van der Waals surface area (Å²) in [5.74, 6) is 0.828. The Balaban J connectivity index is 0. The number of allylic oxidation sites excluding steroid dienone is 1. The molecule has 0 aliphatic heterocycles. The monoisotopic (exact) mass is 224 g/mol. The Kier molecular flexibility index (Phi) is 9.28. The SMILES string of the molecule is C=C1CCC(C)(C)C(C)C1.N=C=O.N=C=O. The highest BCUT2D eigenvalue weighted by atomic mass is 16.1. The Morgan fingerprint density at radius 3 is 1.94 bits per heavy atom.